The van der Waals surface area contributed by atoms with Crippen LogP contribution in [0, 0.1) is 0 Å². The number of phenols is 1. The third-order valence-corrected chi connectivity index (χ3v) is 4.71. The first kappa shape index (κ1) is 14.7. The summed E-state index contributed by atoms with van der Waals surface area (Å²) in [5.41, 5.74) is 4.03. The summed E-state index contributed by atoms with van der Waals surface area (Å²) >= 11 is 0. The van der Waals surface area contributed by atoms with Crippen LogP contribution in [0.2, 0.25) is 0 Å². The second-order valence-corrected chi connectivity index (χ2v) is 6.28. The number of fused-ring (bicyclic) bond motifs is 3. The Morgan fingerprint density at radius 2 is 1.58 bits per heavy atom. The Bertz CT molecular complexity index is 1250. The highest BCUT2D eigenvalue weighted by atomic mass is 16.5. The quantitative estimate of drug-likeness (QED) is 0.503. The average Bonchev–Trinajstić information content (AvgIpc) is 3.27. The lowest BCUT2D eigenvalue weighted by Gasteiger charge is -1.98. The Labute approximate surface area is 149 Å². The number of aromatic hydroxyl groups is 1. The normalized spacial score (nSPS) is 11.4. The van der Waals surface area contributed by atoms with Crippen LogP contribution in [-0.4, -0.2) is 19.8 Å². The van der Waals surface area contributed by atoms with Gasteiger partial charge in [-0.05, 0) is 48.5 Å². The Balaban J connectivity index is 1.63. The van der Waals surface area contributed by atoms with E-state index in [2.05, 4.69) is 46.0 Å². The van der Waals surface area contributed by atoms with Gasteiger partial charge in [0.25, 0.3) is 5.89 Å². The van der Waals surface area contributed by atoms with Crippen LogP contribution in [-0.2, 0) is 7.05 Å². The maximum Gasteiger partial charge on any atom is 0.258 e. The van der Waals surface area contributed by atoms with E-state index in [9.17, 15) is 5.11 Å². The fraction of sp³-hybridized carbons (Fsp3) is 0.0476. The summed E-state index contributed by atoms with van der Waals surface area (Å²) in [5, 5.41) is 15.9. The molecule has 0 spiro atoms. The van der Waals surface area contributed by atoms with E-state index in [0.717, 1.165) is 22.0 Å². The van der Waals surface area contributed by atoms with Gasteiger partial charge < -0.3 is 14.2 Å². The van der Waals surface area contributed by atoms with Crippen molar-refractivity contribution in [2.75, 3.05) is 0 Å². The second kappa shape index (κ2) is 5.46. The average molecular weight is 341 g/mol. The lowest BCUT2D eigenvalue weighted by atomic mass is 10.1. The van der Waals surface area contributed by atoms with Crippen molar-refractivity contribution < 1.29 is 9.63 Å². The highest BCUT2D eigenvalue weighted by Crippen LogP contribution is 2.31. The predicted octanol–water partition coefficient (Wildman–Crippen LogP) is 4.75. The van der Waals surface area contributed by atoms with Gasteiger partial charge in [0.05, 0.1) is 0 Å². The standard InChI is InChI=1S/C21H15N3O2/c1-24-18-5-3-2-4-16(18)17-12-14(8-11-19(17)24)20-22-21(26-23-20)13-6-9-15(25)10-7-13/h2-12,25H,1H3. The van der Waals surface area contributed by atoms with E-state index in [-0.39, 0.29) is 5.75 Å². The lowest BCUT2D eigenvalue weighted by Crippen LogP contribution is -1.86. The maximum absolute atomic E-state index is 9.41. The zero-order valence-electron chi connectivity index (χ0n) is 14.0. The molecule has 0 bridgehead atoms. The first-order valence-electron chi connectivity index (χ1n) is 8.31. The van der Waals surface area contributed by atoms with E-state index in [0.29, 0.717) is 11.7 Å². The van der Waals surface area contributed by atoms with E-state index < -0.39 is 0 Å². The molecule has 5 heteroatoms. The Morgan fingerprint density at radius 3 is 2.42 bits per heavy atom. The van der Waals surface area contributed by atoms with Crippen molar-refractivity contribution in [3.63, 3.8) is 0 Å². The van der Waals surface area contributed by atoms with Crippen LogP contribution in [0.25, 0.3) is 44.6 Å². The first-order valence-corrected chi connectivity index (χ1v) is 8.31. The summed E-state index contributed by atoms with van der Waals surface area (Å²) in [6, 6.07) is 21.2. The lowest BCUT2D eigenvalue weighted by molar-refractivity contribution is 0.432. The summed E-state index contributed by atoms with van der Waals surface area (Å²) in [4.78, 5) is 4.51. The van der Waals surface area contributed by atoms with Gasteiger partial charge >= 0.3 is 0 Å². The van der Waals surface area contributed by atoms with Crippen LogP contribution in [0.15, 0.2) is 71.3 Å². The summed E-state index contributed by atoms with van der Waals surface area (Å²) in [6.07, 6.45) is 0. The molecule has 0 atom stereocenters. The van der Waals surface area contributed by atoms with Crippen molar-refractivity contribution in [1.82, 2.24) is 14.7 Å². The number of rotatable bonds is 2. The van der Waals surface area contributed by atoms with Gasteiger partial charge in [-0.1, -0.05) is 23.4 Å². The molecule has 1 N–H and O–H groups in total. The molecule has 0 aliphatic carbocycles. The van der Waals surface area contributed by atoms with E-state index in [1.807, 2.05) is 18.2 Å². The molecular formula is C21H15N3O2. The number of aromatic nitrogens is 3. The van der Waals surface area contributed by atoms with Gasteiger partial charge in [-0.2, -0.15) is 4.98 Å². The fourth-order valence-corrected chi connectivity index (χ4v) is 3.37. The number of nitrogens with zero attached hydrogens (tertiary/aromatic N) is 3. The molecule has 0 amide bonds. The summed E-state index contributed by atoms with van der Waals surface area (Å²) in [7, 11) is 2.07. The Kier molecular flexibility index (Phi) is 3.09. The molecule has 5 aromatic rings. The molecule has 5 rings (SSSR count). The Morgan fingerprint density at radius 1 is 0.846 bits per heavy atom. The molecule has 0 saturated heterocycles. The van der Waals surface area contributed by atoms with E-state index in [4.69, 9.17) is 4.52 Å². The van der Waals surface area contributed by atoms with Gasteiger partial charge in [-0.15, -0.1) is 0 Å². The largest absolute Gasteiger partial charge is 0.508 e. The smallest absolute Gasteiger partial charge is 0.258 e. The predicted molar refractivity (Wildman–Crippen MR) is 101 cm³/mol. The number of phenolic OH excluding ortho intramolecular Hbond substituents is 1. The molecule has 0 aliphatic heterocycles. The van der Waals surface area contributed by atoms with Crippen LogP contribution in [0.4, 0.5) is 0 Å². The van der Waals surface area contributed by atoms with Crippen molar-refractivity contribution >= 4 is 21.8 Å². The van der Waals surface area contributed by atoms with Gasteiger partial charge in [-0.3, -0.25) is 0 Å². The third-order valence-electron chi connectivity index (χ3n) is 4.71. The molecule has 2 aromatic heterocycles. The monoisotopic (exact) mass is 341 g/mol. The molecule has 5 nitrogen and oxygen atoms in total. The van der Waals surface area contributed by atoms with Gasteiger partial charge in [0.2, 0.25) is 5.82 Å². The SMILES string of the molecule is Cn1c2ccccc2c2cc(-c3noc(-c4ccc(O)cc4)n3)ccc21. The van der Waals surface area contributed by atoms with Crippen LogP contribution < -0.4 is 0 Å². The van der Waals surface area contributed by atoms with Gasteiger partial charge in [0.15, 0.2) is 0 Å². The second-order valence-electron chi connectivity index (χ2n) is 6.28. The summed E-state index contributed by atoms with van der Waals surface area (Å²) < 4.78 is 7.59. The minimum atomic E-state index is 0.204. The zero-order chi connectivity index (χ0) is 17.7. The number of hydrogen-bond donors (Lipinski definition) is 1. The molecule has 0 saturated carbocycles. The topological polar surface area (TPSA) is 64.1 Å². The maximum atomic E-state index is 9.41. The van der Waals surface area contributed by atoms with Crippen LogP contribution in [0.1, 0.15) is 0 Å². The van der Waals surface area contributed by atoms with Gasteiger partial charge in [0, 0.05) is 40.0 Å². The number of aryl methyl sites for hydroxylation is 1. The molecule has 2 heterocycles. The highest BCUT2D eigenvalue weighted by molar-refractivity contribution is 6.09. The Hall–Kier alpha value is -3.60. The minimum absolute atomic E-state index is 0.204. The minimum Gasteiger partial charge on any atom is -0.508 e. The third kappa shape index (κ3) is 2.18. The van der Waals surface area contributed by atoms with Crippen molar-refractivity contribution in [3.8, 4) is 28.6 Å². The zero-order valence-corrected chi connectivity index (χ0v) is 14.0. The highest BCUT2D eigenvalue weighted by Gasteiger charge is 2.13. The van der Waals surface area contributed by atoms with E-state index >= 15 is 0 Å². The van der Waals surface area contributed by atoms with E-state index in [1.54, 1.807) is 24.3 Å². The molecule has 26 heavy (non-hydrogen) atoms. The number of para-hydroxylation sites is 1. The van der Waals surface area contributed by atoms with Gasteiger partial charge in [0.1, 0.15) is 5.75 Å². The number of benzene rings is 3. The molecule has 3 aromatic carbocycles. The molecule has 0 unspecified atom stereocenters. The van der Waals surface area contributed by atoms with Crippen molar-refractivity contribution in [2.45, 2.75) is 0 Å². The summed E-state index contributed by atoms with van der Waals surface area (Å²) in [6.45, 7) is 0. The fourth-order valence-electron chi connectivity index (χ4n) is 3.37. The molecule has 126 valence electrons. The van der Waals surface area contributed by atoms with Crippen molar-refractivity contribution in [3.05, 3.63) is 66.7 Å². The summed E-state index contributed by atoms with van der Waals surface area (Å²) in [5.74, 6) is 1.18. The van der Waals surface area contributed by atoms with Gasteiger partial charge in [-0.25, -0.2) is 0 Å². The van der Waals surface area contributed by atoms with Crippen LogP contribution in [0.3, 0.4) is 0 Å². The molecule has 0 fully saturated rings. The number of hydrogen-bond acceptors (Lipinski definition) is 4. The van der Waals surface area contributed by atoms with E-state index in [1.165, 1.54) is 10.9 Å². The van der Waals surface area contributed by atoms with Crippen molar-refractivity contribution in [1.29, 1.82) is 0 Å². The molecular weight excluding hydrogens is 326 g/mol. The van der Waals surface area contributed by atoms with Crippen molar-refractivity contribution in [2.24, 2.45) is 7.05 Å². The van der Waals surface area contributed by atoms with Crippen LogP contribution >= 0.6 is 0 Å². The van der Waals surface area contributed by atoms with Crippen LogP contribution in [0.5, 0.6) is 5.75 Å². The molecule has 0 aliphatic rings. The first-order chi connectivity index (χ1) is 12.7. The molecule has 0 radical (unpaired) electrons.